The molecule has 1 aromatic rings. The van der Waals surface area contributed by atoms with Gasteiger partial charge in [-0.25, -0.2) is 0 Å². The van der Waals surface area contributed by atoms with Crippen molar-refractivity contribution < 1.29 is 14.5 Å². The number of amides is 2. The smallest absolute Gasteiger partial charge is 0.313 e. The Kier molecular flexibility index (Phi) is 4.75. The molecule has 8 heteroatoms. The summed E-state index contributed by atoms with van der Waals surface area (Å²) in [6.45, 7) is 3.11. The SMILES string of the molecule is Cc1cc(NC(=O)C(=O)NCC#N)c([N+](=O)[O-])cc1C. The molecule has 0 heterocycles. The molecule has 2 amide bonds. The maximum absolute atomic E-state index is 11.5. The van der Waals surface area contributed by atoms with Gasteiger partial charge in [-0.3, -0.25) is 19.7 Å². The van der Waals surface area contributed by atoms with E-state index in [0.717, 1.165) is 5.56 Å². The van der Waals surface area contributed by atoms with Crippen LogP contribution in [0.4, 0.5) is 11.4 Å². The zero-order chi connectivity index (χ0) is 15.3. The molecule has 0 bridgehead atoms. The Morgan fingerprint density at radius 3 is 2.45 bits per heavy atom. The summed E-state index contributed by atoms with van der Waals surface area (Å²) in [5, 5.41) is 23.4. The fourth-order valence-electron chi connectivity index (χ4n) is 1.43. The molecule has 0 spiro atoms. The van der Waals surface area contributed by atoms with Crippen LogP contribution in [0.15, 0.2) is 12.1 Å². The summed E-state index contributed by atoms with van der Waals surface area (Å²) in [5.74, 6) is -2.09. The maximum atomic E-state index is 11.5. The Bertz CT molecular complexity index is 619. The summed E-state index contributed by atoms with van der Waals surface area (Å²) in [6.07, 6.45) is 0. The van der Waals surface area contributed by atoms with Crippen molar-refractivity contribution >= 4 is 23.2 Å². The first-order valence-electron chi connectivity index (χ1n) is 5.58. The van der Waals surface area contributed by atoms with Gasteiger partial charge in [-0.15, -0.1) is 0 Å². The molecular weight excluding hydrogens is 264 g/mol. The zero-order valence-electron chi connectivity index (χ0n) is 10.9. The molecule has 0 radical (unpaired) electrons. The third kappa shape index (κ3) is 3.52. The largest absolute Gasteiger partial charge is 0.335 e. The summed E-state index contributed by atoms with van der Waals surface area (Å²) in [6, 6.07) is 4.38. The molecular formula is C12H12N4O4. The number of aryl methyl sites for hydroxylation is 2. The lowest BCUT2D eigenvalue weighted by Crippen LogP contribution is -2.35. The van der Waals surface area contributed by atoms with Gasteiger partial charge in [0.25, 0.3) is 5.69 Å². The standard InChI is InChI=1S/C12H12N4O4/c1-7-5-9(10(16(19)20)6-8(7)2)15-12(18)11(17)14-4-3-13/h5-6H,4H2,1-2H3,(H,14,17)(H,15,18). The summed E-state index contributed by atoms with van der Waals surface area (Å²) < 4.78 is 0. The van der Waals surface area contributed by atoms with Gasteiger partial charge in [0.15, 0.2) is 0 Å². The number of carbonyl (C=O) groups excluding carboxylic acids is 2. The van der Waals surface area contributed by atoms with Crippen molar-refractivity contribution in [2.75, 3.05) is 11.9 Å². The van der Waals surface area contributed by atoms with Crippen molar-refractivity contribution in [1.82, 2.24) is 5.32 Å². The van der Waals surface area contributed by atoms with Crippen LogP contribution in [0.3, 0.4) is 0 Å². The van der Waals surface area contributed by atoms with Gasteiger partial charge in [-0.1, -0.05) is 0 Å². The molecule has 0 aliphatic rings. The minimum absolute atomic E-state index is 0.0600. The predicted molar refractivity (Wildman–Crippen MR) is 69.8 cm³/mol. The molecule has 0 aliphatic heterocycles. The van der Waals surface area contributed by atoms with Gasteiger partial charge in [0.1, 0.15) is 12.2 Å². The van der Waals surface area contributed by atoms with E-state index in [1.165, 1.54) is 12.1 Å². The number of benzene rings is 1. The molecule has 0 saturated heterocycles. The summed E-state index contributed by atoms with van der Waals surface area (Å²) in [7, 11) is 0. The molecule has 0 unspecified atom stereocenters. The number of carbonyl (C=O) groups is 2. The Morgan fingerprint density at radius 2 is 1.90 bits per heavy atom. The van der Waals surface area contributed by atoms with Gasteiger partial charge in [0, 0.05) is 6.07 Å². The van der Waals surface area contributed by atoms with E-state index in [1.54, 1.807) is 19.9 Å². The van der Waals surface area contributed by atoms with Crippen LogP contribution in [-0.4, -0.2) is 23.3 Å². The number of hydrogen-bond acceptors (Lipinski definition) is 5. The van der Waals surface area contributed by atoms with Crippen molar-refractivity contribution in [3.63, 3.8) is 0 Å². The Labute approximate surface area is 114 Å². The van der Waals surface area contributed by atoms with Crippen LogP contribution in [0, 0.1) is 35.3 Å². The summed E-state index contributed by atoms with van der Waals surface area (Å²) in [4.78, 5) is 33.1. The van der Waals surface area contributed by atoms with E-state index < -0.39 is 16.7 Å². The normalized spacial score (nSPS) is 9.45. The third-order valence-electron chi connectivity index (χ3n) is 2.59. The third-order valence-corrected chi connectivity index (χ3v) is 2.59. The lowest BCUT2D eigenvalue weighted by Gasteiger charge is -2.08. The van der Waals surface area contributed by atoms with Gasteiger partial charge in [-0.2, -0.15) is 5.26 Å². The van der Waals surface area contributed by atoms with Crippen molar-refractivity contribution in [2.45, 2.75) is 13.8 Å². The van der Waals surface area contributed by atoms with Gasteiger partial charge < -0.3 is 10.6 Å². The fourth-order valence-corrected chi connectivity index (χ4v) is 1.43. The minimum atomic E-state index is -1.06. The molecule has 20 heavy (non-hydrogen) atoms. The van der Waals surface area contributed by atoms with Crippen molar-refractivity contribution in [3.05, 3.63) is 33.4 Å². The number of rotatable bonds is 3. The molecule has 1 aromatic carbocycles. The Hall–Kier alpha value is -2.95. The number of nitriles is 1. The number of nitro groups is 1. The van der Waals surface area contributed by atoms with Crippen molar-refractivity contribution in [3.8, 4) is 6.07 Å². The van der Waals surface area contributed by atoms with Crippen LogP contribution in [0.1, 0.15) is 11.1 Å². The van der Waals surface area contributed by atoms with Crippen LogP contribution < -0.4 is 10.6 Å². The van der Waals surface area contributed by atoms with Crippen molar-refractivity contribution in [2.24, 2.45) is 0 Å². The number of nitrogens with zero attached hydrogens (tertiary/aromatic N) is 2. The van der Waals surface area contributed by atoms with Crippen LogP contribution in [-0.2, 0) is 9.59 Å². The predicted octanol–water partition coefficient (Wildman–Crippen LogP) is 0.790. The topological polar surface area (TPSA) is 125 Å². The highest BCUT2D eigenvalue weighted by atomic mass is 16.6. The lowest BCUT2D eigenvalue weighted by atomic mass is 10.1. The molecule has 0 aliphatic carbocycles. The highest BCUT2D eigenvalue weighted by Crippen LogP contribution is 2.27. The molecule has 2 N–H and O–H groups in total. The Balaban J connectivity index is 3.00. The van der Waals surface area contributed by atoms with Crippen LogP contribution >= 0.6 is 0 Å². The number of anilines is 1. The first-order chi connectivity index (χ1) is 9.36. The van der Waals surface area contributed by atoms with E-state index in [4.69, 9.17) is 5.26 Å². The number of nitrogens with one attached hydrogen (secondary N) is 2. The van der Waals surface area contributed by atoms with Crippen molar-refractivity contribution in [1.29, 1.82) is 5.26 Å². The van der Waals surface area contributed by atoms with E-state index in [0.29, 0.717) is 5.56 Å². The monoisotopic (exact) mass is 276 g/mol. The molecule has 0 fully saturated rings. The van der Waals surface area contributed by atoms with E-state index in [9.17, 15) is 19.7 Å². The fraction of sp³-hybridized carbons (Fsp3) is 0.250. The average Bonchev–Trinajstić information content (AvgIpc) is 2.39. The zero-order valence-corrected chi connectivity index (χ0v) is 10.9. The van der Waals surface area contributed by atoms with Gasteiger partial charge in [0.05, 0.1) is 11.0 Å². The van der Waals surface area contributed by atoms with E-state index in [1.807, 2.05) is 5.32 Å². The van der Waals surface area contributed by atoms with Gasteiger partial charge in [-0.05, 0) is 31.0 Å². The average molecular weight is 276 g/mol. The lowest BCUT2D eigenvalue weighted by molar-refractivity contribution is -0.384. The Morgan fingerprint density at radius 1 is 1.30 bits per heavy atom. The highest BCUT2D eigenvalue weighted by Gasteiger charge is 2.20. The number of nitro benzene ring substituents is 1. The van der Waals surface area contributed by atoms with Gasteiger partial charge in [0.2, 0.25) is 0 Å². The van der Waals surface area contributed by atoms with Gasteiger partial charge >= 0.3 is 11.8 Å². The quantitative estimate of drug-likeness (QED) is 0.365. The number of hydrogen-bond donors (Lipinski definition) is 2. The highest BCUT2D eigenvalue weighted by molar-refractivity contribution is 6.39. The summed E-state index contributed by atoms with van der Waals surface area (Å²) in [5.41, 5.74) is 1.08. The second-order valence-corrected chi connectivity index (χ2v) is 4.01. The molecule has 0 atom stereocenters. The summed E-state index contributed by atoms with van der Waals surface area (Å²) >= 11 is 0. The second kappa shape index (κ2) is 6.29. The van der Waals surface area contributed by atoms with E-state index >= 15 is 0 Å². The van der Waals surface area contributed by atoms with Crippen LogP contribution in [0.5, 0.6) is 0 Å². The van der Waals surface area contributed by atoms with Crippen LogP contribution in [0.2, 0.25) is 0 Å². The molecule has 8 nitrogen and oxygen atoms in total. The van der Waals surface area contributed by atoms with E-state index in [-0.39, 0.29) is 17.9 Å². The second-order valence-electron chi connectivity index (χ2n) is 4.01. The van der Waals surface area contributed by atoms with Crippen LogP contribution in [0.25, 0.3) is 0 Å². The minimum Gasteiger partial charge on any atom is -0.335 e. The molecule has 0 saturated carbocycles. The van der Waals surface area contributed by atoms with E-state index in [2.05, 4.69) is 5.32 Å². The molecule has 104 valence electrons. The molecule has 1 rings (SSSR count). The maximum Gasteiger partial charge on any atom is 0.313 e. The molecule has 0 aromatic heterocycles. The first kappa shape index (κ1) is 15.1. The first-order valence-corrected chi connectivity index (χ1v) is 5.58.